The number of rotatable bonds is 5. The number of amides is 1. The average Bonchev–Trinajstić information content (AvgIpc) is 2.10. The summed E-state index contributed by atoms with van der Waals surface area (Å²) in [6.07, 6.45) is 2.59. The molecule has 0 aliphatic carbocycles. The Hall–Kier alpha value is -1.52. The summed E-state index contributed by atoms with van der Waals surface area (Å²) >= 11 is 0. The highest BCUT2D eigenvalue weighted by Gasteiger charge is 2.00. The van der Waals surface area contributed by atoms with Gasteiger partial charge >= 0.3 is 5.97 Å². The van der Waals surface area contributed by atoms with Crippen LogP contribution in [0.3, 0.4) is 0 Å². The molecule has 0 fully saturated rings. The van der Waals surface area contributed by atoms with Crippen LogP contribution >= 0.6 is 0 Å². The van der Waals surface area contributed by atoms with Gasteiger partial charge in [0, 0.05) is 18.3 Å². The maximum absolute atomic E-state index is 11.0. The molecule has 5 nitrogen and oxygen atoms in total. The van der Waals surface area contributed by atoms with E-state index in [1.807, 2.05) is 13.8 Å². The topological polar surface area (TPSA) is 67.4 Å². The van der Waals surface area contributed by atoms with E-state index in [4.69, 9.17) is 0 Å². The summed E-state index contributed by atoms with van der Waals surface area (Å²) in [5.74, 6) is -0.573. The summed E-state index contributed by atoms with van der Waals surface area (Å²) in [4.78, 5) is 21.6. The molecule has 0 aromatic rings. The average molecular weight is 200 g/mol. The maximum atomic E-state index is 11.0. The van der Waals surface area contributed by atoms with Crippen LogP contribution in [0.5, 0.6) is 0 Å². The Bertz CT molecular complexity index is 224. The Morgan fingerprint density at radius 3 is 2.57 bits per heavy atom. The lowest BCUT2D eigenvalue weighted by atomic mass is 10.4. The fourth-order valence-corrected chi connectivity index (χ4v) is 0.720. The summed E-state index contributed by atoms with van der Waals surface area (Å²) in [5.41, 5.74) is 0. The second kappa shape index (κ2) is 6.94. The van der Waals surface area contributed by atoms with Crippen LogP contribution in [0.25, 0.3) is 0 Å². The molecule has 5 heteroatoms. The van der Waals surface area contributed by atoms with Crippen LogP contribution in [0.1, 0.15) is 13.8 Å². The summed E-state index contributed by atoms with van der Waals surface area (Å²) in [6.45, 7) is 3.90. The lowest BCUT2D eigenvalue weighted by Gasteiger charge is -2.07. The molecule has 0 radical (unpaired) electrons. The lowest BCUT2D eigenvalue weighted by Crippen LogP contribution is -2.36. The molecule has 0 bridgehead atoms. The third-order valence-electron chi connectivity index (χ3n) is 1.25. The number of methoxy groups -OCH3 is 1. The molecule has 0 aliphatic heterocycles. The number of carbonyl (C=O) groups excluding carboxylic acids is 2. The Balaban J connectivity index is 3.58. The molecule has 0 saturated carbocycles. The summed E-state index contributed by atoms with van der Waals surface area (Å²) in [7, 11) is 1.29. The minimum atomic E-state index is -0.457. The van der Waals surface area contributed by atoms with Gasteiger partial charge in [0.05, 0.1) is 13.7 Å². The molecule has 0 aromatic heterocycles. The van der Waals surface area contributed by atoms with Crippen molar-refractivity contribution in [2.24, 2.45) is 0 Å². The molecular formula is C9H16N2O3. The third kappa shape index (κ3) is 7.15. The SMILES string of the molecule is COC(=O)/C=C/NCC(=O)NC(C)C. The number of nitrogens with one attached hydrogen (secondary N) is 2. The van der Waals surface area contributed by atoms with Gasteiger partial charge in [0.15, 0.2) is 0 Å². The maximum Gasteiger partial charge on any atom is 0.331 e. The number of hydrogen-bond acceptors (Lipinski definition) is 4. The summed E-state index contributed by atoms with van der Waals surface area (Å²) < 4.78 is 4.36. The largest absolute Gasteiger partial charge is 0.466 e. The normalized spacial score (nSPS) is 10.3. The number of esters is 1. The third-order valence-corrected chi connectivity index (χ3v) is 1.25. The zero-order valence-electron chi connectivity index (χ0n) is 8.66. The first-order valence-electron chi connectivity index (χ1n) is 4.33. The molecule has 80 valence electrons. The monoisotopic (exact) mass is 200 g/mol. The van der Waals surface area contributed by atoms with Crippen LogP contribution in [0.4, 0.5) is 0 Å². The fraction of sp³-hybridized carbons (Fsp3) is 0.556. The van der Waals surface area contributed by atoms with Crippen LogP contribution in [-0.2, 0) is 14.3 Å². The predicted molar refractivity (Wildman–Crippen MR) is 52.4 cm³/mol. The molecule has 0 spiro atoms. The van der Waals surface area contributed by atoms with E-state index in [1.165, 1.54) is 19.4 Å². The van der Waals surface area contributed by atoms with Crippen LogP contribution in [0, 0.1) is 0 Å². The van der Waals surface area contributed by atoms with Crippen molar-refractivity contribution >= 4 is 11.9 Å². The zero-order valence-corrected chi connectivity index (χ0v) is 8.66. The molecular weight excluding hydrogens is 184 g/mol. The minimum absolute atomic E-state index is 0.116. The van der Waals surface area contributed by atoms with Gasteiger partial charge in [0.25, 0.3) is 0 Å². The lowest BCUT2D eigenvalue weighted by molar-refractivity contribution is -0.134. The van der Waals surface area contributed by atoms with Gasteiger partial charge in [-0.25, -0.2) is 4.79 Å². The predicted octanol–water partition coefficient (Wildman–Crippen LogP) is -0.213. The second-order valence-electron chi connectivity index (χ2n) is 2.96. The molecule has 0 aromatic carbocycles. The Labute approximate surface area is 83.5 Å². The molecule has 0 heterocycles. The van der Waals surface area contributed by atoms with E-state index in [0.29, 0.717) is 0 Å². The first-order valence-corrected chi connectivity index (χ1v) is 4.33. The fourth-order valence-electron chi connectivity index (χ4n) is 0.720. The van der Waals surface area contributed by atoms with Crippen LogP contribution in [0.2, 0.25) is 0 Å². The minimum Gasteiger partial charge on any atom is -0.466 e. The Morgan fingerprint density at radius 2 is 2.07 bits per heavy atom. The van der Waals surface area contributed by atoms with Gasteiger partial charge in [-0.3, -0.25) is 4.79 Å². The molecule has 1 amide bonds. The van der Waals surface area contributed by atoms with E-state index in [1.54, 1.807) is 0 Å². The number of hydrogen-bond donors (Lipinski definition) is 2. The van der Waals surface area contributed by atoms with Gasteiger partial charge in [0.1, 0.15) is 0 Å². The van der Waals surface area contributed by atoms with Crippen molar-refractivity contribution in [3.63, 3.8) is 0 Å². The van der Waals surface area contributed by atoms with Gasteiger partial charge in [-0.05, 0) is 13.8 Å². The van der Waals surface area contributed by atoms with Crippen molar-refractivity contribution in [2.75, 3.05) is 13.7 Å². The van der Waals surface area contributed by atoms with Crippen LogP contribution in [0.15, 0.2) is 12.3 Å². The van der Waals surface area contributed by atoms with E-state index < -0.39 is 5.97 Å². The highest BCUT2D eigenvalue weighted by atomic mass is 16.5. The van der Waals surface area contributed by atoms with E-state index in [9.17, 15) is 9.59 Å². The molecule has 0 aliphatic rings. The van der Waals surface area contributed by atoms with Crippen molar-refractivity contribution in [3.05, 3.63) is 12.3 Å². The Morgan fingerprint density at radius 1 is 1.43 bits per heavy atom. The van der Waals surface area contributed by atoms with Gasteiger partial charge < -0.3 is 15.4 Å². The van der Waals surface area contributed by atoms with Crippen molar-refractivity contribution < 1.29 is 14.3 Å². The molecule has 0 saturated heterocycles. The highest BCUT2D eigenvalue weighted by Crippen LogP contribution is 1.77. The van der Waals surface area contributed by atoms with Crippen LogP contribution in [-0.4, -0.2) is 31.6 Å². The van der Waals surface area contributed by atoms with Gasteiger partial charge in [-0.1, -0.05) is 0 Å². The zero-order chi connectivity index (χ0) is 11.0. The summed E-state index contributed by atoms with van der Waals surface area (Å²) in [6, 6.07) is 0.119. The van der Waals surface area contributed by atoms with Gasteiger partial charge in [-0.15, -0.1) is 0 Å². The quantitative estimate of drug-likeness (QED) is 0.476. The first-order chi connectivity index (χ1) is 6.56. The smallest absolute Gasteiger partial charge is 0.331 e. The summed E-state index contributed by atoms with van der Waals surface area (Å²) in [5, 5.41) is 5.36. The molecule has 0 atom stereocenters. The molecule has 14 heavy (non-hydrogen) atoms. The van der Waals surface area contributed by atoms with E-state index in [0.717, 1.165) is 0 Å². The van der Waals surface area contributed by atoms with Crippen LogP contribution < -0.4 is 10.6 Å². The molecule has 2 N–H and O–H groups in total. The van der Waals surface area contributed by atoms with Crippen molar-refractivity contribution in [3.8, 4) is 0 Å². The second-order valence-corrected chi connectivity index (χ2v) is 2.96. The van der Waals surface area contributed by atoms with Crippen molar-refractivity contribution in [1.82, 2.24) is 10.6 Å². The molecule has 0 rings (SSSR count). The van der Waals surface area contributed by atoms with Gasteiger partial charge in [-0.2, -0.15) is 0 Å². The molecule has 0 unspecified atom stereocenters. The first kappa shape index (κ1) is 12.5. The van der Waals surface area contributed by atoms with E-state index in [2.05, 4.69) is 15.4 Å². The van der Waals surface area contributed by atoms with E-state index in [-0.39, 0.29) is 18.5 Å². The Kier molecular flexibility index (Phi) is 6.19. The van der Waals surface area contributed by atoms with E-state index >= 15 is 0 Å². The number of carbonyl (C=O) groups is 2. The van der Waals surface area contributed by atoms with Crippen molar-refractivity contribution in [2.45, 2.75) is 19.9 Å². The highest BCUT2D eigenvalue weighted by molar-refractivity contribution is 5.82. The van der Waals surface area contributed by atoms with Crippen molar-refractivity contribution in [1.29, 1.82) is 0 Å². The van der Waals surface area contributed by atoms with Gasteiger partial charge in [0.2, 0.25) is 5.91 Å². The standard InChI is InChI=1S/C9H16N2O3/c1-7(2)11-8(12)6-10-5-4-9(13)14-3/h4-5,7,10H,6H2,1-3H3,(H,11,12)/b5-4+. The number of ether oxygens (including phenoxy) is 1.